The van der Waals surface area contributed by atoms with Gasteiger partial charge in [-0.2, -0.15) is 0 Å². The number of ether oxygens (including phenoxy) is 2. The molecule has 3 heteroatoms. The molecule has 0 atom stereocenters. The van der Waals surface area contributed by atoms with Gasteiger partial charge in [-0.25, -0.2) is 0 Å². The first kappa shape index (κ1) is 10.3. The molecular formula is C8H11BrO2. The van der Waals surface area contributed by atoms with Crippen molar-refractivity contribution in [1.29, 1.82) is 0 Å². The van der Waals surface area contributed by atoms with Crippen LogP contribution in [-0.4, -0.2) is 14.2 Å². The third kappa shape index (κ3) is 3.88. The summed E-state index contributed by atoms with van der Waals surface area (Å²) in [5.74, 6) is 0.682. The van der Waals surface area contributed by atoms with Crippen LogP contribution >= 0.6 is 15.9 Å². The summed E-state index contributed by atoms with van der Waals surface area (Å²) in [6, 6.07) is 0. The minimum atomic E-state index is 0.682. The van der Waals surface area contributed by atoms with Crippen molar-refractivity contribution in [3.63, 3.8) is 0 Å². The first-order chi connectivity index (χ1) is 5.26. The topological polar surface area (TPSA) is 18.5 Å². The van der Waals surface area contributed by atoms with Crippen LogP contribution in [-0.2, 0) is 9.47 Å². The van der Waals surface area contributed by atoms with Gasteiger partial charge in [-0.3, -0.25) is 0 Å². The molecule has 0 unspecified atom stereocenters. The Bertz CT molecular complexity index is 183. The number of halogens is 1. The van der Waals surface area contributed by atoms with E-state index in [-0.39, 0.29) is 0 Å². The molecule has 0 aliphatic heterocycles. The predicted octanol–water partition coefficient (Wildman–Crippen LogP) is 2.59. The normalized spacial score (nSPS) is 12.6. The Morgan fingerprint density at radius 1 is 1.45 bits per heavy atom. The first-order valence-corrected chi connectivity index (χ1v) is 3.81. The third-order valence-corrected chi connectivity index (χ3v) is 1.70. The summed E-state index contributed by atoms with van der Waals surface area (Å²) in [7, 11) is 3.16. The van der Waals surface area contributed by atoms with E-state index in [9.17, 15) is 0 Å². The van der Waals surface area contributed by atoms with Gasteiger partial charge in [0.05, 0.1) is 25.0 Å². The van der Waals surface area contributed by atoms with Crippen molar-refractivity contribution in [2.45, 2.75) is 0 Å². The van der Waals surface area contributed by atoms with Crippen LogP contribution in [0.5, 0.6) is 0 Å². The van der Waals surface area contributed by atoms with Crippen molar-refractivity contribution in [2.75, 3.05) is 14.2 Å². The van der Waals surface area contributed by atoms with E-state index in [1.54, 1.807) is 26.4 Å². The molecular weight excluding hydrogens is 208 g/mol. The second kappa shape index (κ2) is 6.04. The maximum Gasteiger partial charge on any atom is 0.136 e. The molecule has 0 aromatic carbocycles. The fourth-order valence-corrected chi connectivity index (χ4v) is 0.770. The summed E-state index contributed by atoms with van der Waals surface area (Å²) in [4.78, 5) is 0. The van der Waals surface area contributed by atoms with E-state index in [2.05, 4.69) is 22.5 Å². The van der Waals surface area contributed by atoms with Crippen LogP contribution in [0.4, 0.5) is 0 Å². The highest BCUT2D eigenvalue weighted by Crippen LogP contribution is 2.14. The molecule has 0 aliphatic carbocycles. The second-order valence-corrected chi connectivity index (χ2v) is 2.51. The lowest BCUT2D eigenvalue weighted by atomic mass is 10.4. The highest BCUT2D eigenvalue weighted by molar-refractivity contribution is 9.11. The summed E-state index contributed by atoms with van der Waals surface area (Å²) in [6.45, 7) is 3.58. The number of rotatable bonds is 4. The van der Waals surface area contributed by atoms with Crippen LogP contribution in [0.25, 0.3) is 0 Å². The molecule has 0 aromatic heterocycles. The summed E-state index contributed by atoms with van der Waals surface area (Å²) in [5.41, 5.74) is 0. The monoisotopic (exact) mass is 218 g/mol. The second-order valence-electron chi connectivity index (χ2n) is 1.66. The van der Waals surface area contributed by atoms with E-state index in [0.717, 1.165) is 4.48 Å². The molecule has 0 heterocycles. The lowest BCUT2D eigenvalue weighted by Crippen LogP contribution is -1.84. The van der Waals surface area contributed by atoms with Crippen LogP contribution in [0.3, 0.4) is 0 Å². The lowest BCUT2D eigenvalue weighted by Gasteiger charge is -2.00. The molecule has 0 radical (unpaired) electrons. The van der Waals surface area contributed by atoms with Crippen LogP contribution in [0.1, 0.15) is 0 Å². The molecule has 11 heavy (non-hydrogen) atoms. The zero-order valence-electron chi connectivity index (χ0n) is 6.63. The van der Waals surface area contributed by atoms with E-state index in [4.69, 9.17) is 9.47 Å². The molecule has 0 aromatic rings. The molecule has 62 valence electrons. The van der Waals surface area contributed by atoms with Gasteiger partial charge in [0.15, 0.2) is 0 Å². The van der Waals surface area contributed by atoms with Gasteiger partial charge in [-0.1, -0.05) is 12.7 Å². The van der Waals surface area contributed by atoms with Crippen LogP contribution in [0, 0.1) is 0 Å². The van der Waals surface area contributed by atoms with Crippen LogP contribution < -0.4 is 0 Å². The number of allylic oxidation sites excluding steroid dienone is 3. The highest BCUT2D eigenvalue weighted by atomic mass is 79.9. The molecule has 0 fully saturated rings. The zero-order chi connectivity index (χ0) is 8.69. The molecule has 2 nitrogen and oxygen atoms in total. The van der Waals surface area contributed by atoms with Gasteiger partial charge in [0.1, 0.15) is 5.76 Å². The fourth-order valence-electron chi connectivity index (χ4n) is 0.476. The number of hydrogen-bond donors (Lipinski definition) is 0. The standard InChI is InChI=1S/C8H11BrO2/c1-4-7(9)8(11-3)5-6-10-2/h4-6H,1H2,2-3H3/b6-5+,8-7-. The number of methoxy groups -OCH3 is 2. The third-order valence-electron chi connectivity index (χ3n) is 0.990. The predicted molar refractivity (Wildman–Crippen MR) is 49.3 cm³/mol. The van der Waals surface area contributed by atoms with Gasteiger partial charge in [-0.15, -0.1) is 0 Å². The quantitative estimate of drug-likeness (QED) is 0.534. The fraction of sp³-hybridized carbons (Fsp3) is 0.250. The Morgan fingerprint density at radius 3 is 2.45 bits per heavy atom. The summed E-state index contributed by atoms with van der Waals surface area (Å²) >= 11 is 3.26. The van der Waals surface area contributed by atoms with Crippen molar-refractivity contribution in [2.24, 2.45) is 0 Å². The largest absolute Gasteiger partial charge is 0.504 e. The van der Waals surface area contributed by atoms with Crippen molar-refractivity contribution < 1.29 is 9.47 Å². The smallest absolute Gasteiger partial charge is 0.136 e. The molecule has 0 amide bonds. The average molecular weight is 219 g/mol. The van der Waals surface area contributed by atoms with Crippen molar-refractivity contribution >= 4 is 15.9 Å². The van der Waals surface area contributed by atoms with Gasteiger partial charge in [0.25, 0.3) is 0 Å². The van der Waals surface area contributed by atoms with Gasteiger partial charge < -0.3 is 9.47 Å². The van der Waals surface area contributed by atoms with E-state index >= 15 is 0 Å². The Hall–Kier alpha value is -0.700. The van der Waals surface area contributed by atoms with Crippen molar-refractivity contribution in [1.82, 2.24) is 0 Å². The number of hydrogen-bond acceptors (Lipinski definition) is 2. The molecule has 0 bridgehead atoms. The maximum absolute atomic E-state index is 5.00. The van der Waals surface area contributed by atoms with Crippen molar-refractivity contribution in [3.05, 3.63) is 35.2 Å². The van der Waals surface area contributed by atoms with Crippen LogP contribution in [0.15, 0.2) is 35.2 Å². The van der Waals surface area contributed by atoms with Crippen molar-refractivity contribution in [3.8, 4) is 0 Å². The van der Waals surface area contributed by atoms with E-state index in [1.165, 1.54) is 6.26 Å². The minimum Gasteiger partial charge on any atom is -0.504 e. The molecule has 0 aliphatic rings. The Labute approximate surface area is 75.3 Å². The first-order valence-electron chi connectivity index (χ1n) is 3.01. The maximum atomic E-state index is 5.00. The average Bonchev–Trinajstić information content (AvgIpc) is 2.05. The van der Waals surface area contributed by atoms with E-state index < -0.39 is 0 Å². The SMILES string of the molecule is C=C/C(Br)=C(\C=C\OC)OC. The van der Waals surface area contributed by atoms with E-state index in [0.29, 0.717) is 5.76 Å². The minimum absolute atomic E-state index is 0.682. The molecule has 0 rings (SSSR count). The van der Waals surface area contributed by atoms with Gasteiger partial charge in [0, 0.05) is 6.08 Å². The summed E-state index contributed by atoms with van der Waals surface area (Å²) in [5, 5.41) is 0. The summed E-state index contributed by atoms with van der Waals surface area (Å²) < 4.78 is 10.5. The van der Waals surface area contributed by atoms with Crippen LogP contribution in [0.2, 0.25) is 0 Å². The lowest BCUT2D eigenvalue weighted by molar-refractivity contribution is 0.296. The zero-order valence-corrected chi connectivity index (χ0v) is 8.22. The Morgan fingerprint density at radius 2 is 2.09 bits per heavy atom. The Kier molecular flexibility index (Phi) is 5.65. The van der Waals surface area contributed by atoms with Gasteiger partial charge in [0.2, 0.25) is 0 Å². The molecule has 0 saturated heterocycles. The van der Waals surface area contributed by atoms with E-state index in [1.807, 2.05) is 0 Å². The van der Waals surface area contributed by atoms with Gasteiger partial charge in [-0.05, 0) is 15.9 Å². The molecule has 0 saturated carbocycles. The Balaban J connectivity index is 4.38. The molecule has 0 N–H and O–H groups in total. The van der Waals surface area contributed by atoms with Gasteiger partial charge >= 0.3 is 0 Å². The highest BCUT2D eigenvalue weighted by Gasteiger charge is 1.94. The molecule has 0 spiro atoms. The summed E-state index contributed by atoms with van der Waals surface area (Å²) in [6.07, 6.45) is 4.88.